The molecule has 0 unspecified atom stereocenters. The van der Waals surface area contributed by atoms with Gasteiger partial charge in [0.15, 0.2) is 0 Å². The highest BCUT2D eigenvalue weighted by atomic mass is 14.7. The van der Waals surface area contributed by atoms with Crippen LogP contribution in [0, 0.1) is 10.8 Å². The molecular weight excluding hydrogens is 396 g/mol. The van der Waals surface area contributed by atoms with Gasteiger partial charge < -0.3 is 0 Å². The first-order valence-corrected chi connectivity index (χ1v) is 10.0. The predicted molar refractivity (Wildman–Crippen MR) is 126 cm³/mol. The zero-order valence-corrected chi connectivity index (χ0v) is 17.0. The van der Waals surface area contributed by atoms with Crippen LogP contribution in [0.3, 0.4) is 0 Å². The number of allylic oxidation sites excluding steroid dienone is 4. The number of aromatic nitrogens is 4. The molecular formula is C26H18N6. The Morgan fingerprint density at radius 1 is 0.594 bits per heavy atom. The fraction of sp³-hybridized carbons (Fsp3) is 0. The second-order valence-electron chi connectivity index (χ2n) is 7.30. The monoisotopic (exact) mass is 414 g/mol. The van der Waals surface area contributed by atoms with Crippen LogP contribution in [0.4, 0.5) is 0 Å². The van der Waals surface area contributed by atoms with Crippen molar-refractivity contribution in [3.8, 4) is 22.5 Å². The van der Waals surface area contributed by atoms with Crippen LogP contribution in [-0.2, 0) is 0 Å². The Kier molecular flexibility index (Phi) is 5.01. The summed E-state index contributed by atoms with van der Waals surface area (Å²) in [5.74, 6) is 0. The van der Waals surface area contributed by atoms with Crippen molar-refractivity contribution in [2.24, 2.45) is 0 Å². The average molecular weight is 414 g/mol. The molecule has 6 heteroatoms. The Labute approximate surface area is 185 Å². The minimum absolute atomic E-state index is 0.143. The number of nitrogens with zero attached hydrogens (tertiary/aromatic N) is 4. The van der Waals surface area contributed by atoms with E-state index in [9.17, 15) is 0 Å². The molecule has 0 saturated carbocycles. The predicted octanol–water partition coefficient (Wildman–Crippen LogP) is 5.12. The van der Waals surface area contributed by atoms with E-state index in [1.54, 1.807) is 43.3 Å². The third-order valence-electron chi connectivity index (χ3n) is 5.18. The van der Waals surface area contributed by atoms with Gasteiger partial charge in [-0.25, -0.2) is 0 Å². The van der Waals surface area contributed by atoms with Crippen LogP contribution in [0.15, 0.2) is 97.9 Å². The lowest BCUT2D eigenvalue weighted by molar-refractivity contribution is 1.26. The van der Waals surface area contributed by atoms with E-state index >= 15 is 0 Å². The molecule has 6 nitrogen and oxygen atoms in total. The molecule has 0 saturated heterocycles. The Bertz CT molecular complexity index is 1390. The molecule has 5 rings (SSSR count). The van der Waals surface area contributed by atoms with Crippen molar-refractivity contribution >= 4 is 22.6 Å². The van der Waals surface area contributed by atoms with E-state index in [0.717, 1.165) is 39.2 Å². The van der Waals surface area contributed by atoms with E-state index in [2.05, 4.69) is 19.9 Å². The Morgan fingerprint density at radius 3 is 1.75 bits per heavy atom. The van der Waals surface area contributed by atoms with Crippen LogP contribution in [0.2, 0.25) is 0 Å². The molecule has 0 radical (unpaired) electrons. The quantitative estimate of drug-likeness (QED) is 0.453. The molecule has 152 valence electrons. The number of hydrogen-bond acceptors (Lipinski definition) is 6. The Balaban J connectivity index is 1.56. The zero-order chi connectivity index (χ0) is 21.9. The third kappa shape index (κ3) is 3.77. The number of nitrogens with one attached hydrogen (secondary N) is 2. The largest absolute Gasteiger partial charge is 0.299 e. The average Bonchev–Trinajstić information content (AvgIpc) is 2.87. The maximum atomic E-state index is 8.49. The first kappa shape index (κ1) is 19.4. The highest BCUT2D eigenvalue weighted by molar-refractivity contribution is 6.61. The van der Waals surface area contributed by atoms with Crippen LogP contribution in [0.25, 0.3) is 33.7 Å². The van der Waals surface area contributed by atoms with Crippen molar-refractivity contribution in [2.45, 2.75) is 0 Å². The zero-order valence-electron chi connectivity index (χ0n) is 17.0. The standard InChI is InChI=1S/C26H18N6/c27-23-12-17(18-9-20(15-29-13-18)24-5-1-3-7-31-24)11-22(26(23)28)19-10-21(16-30-14-19)25-6-2-4-8-32-25/h1-16,27-28H. The van der Waals surface area contributed by atoms with Crippen molar-refractivity contribution in [3.63, 3.8) is 0 Å². The van der Waals surface area contributed by atoms with E-state index < -0.39 is 0 Å². The minimum atomic E-state index is 0.143. The molecule has 4 aromatic heterocycles. The first-order chi connectivity index (χ1) is 15.7. The van der Waals surface area contributed by atoms with Crippen molar-refractivity contribution in [3.05, 3.63) is 109 Å². The molecule has 0 aliphatic heterocycles. The summed E-state index contributed by atoms with van der Waals surface area (Å²) in [6.45, 7) is 0. The van der Waals surface area contributed by atoms with Gasteiger partial charge in [-0.05, 0) is 54.1 Å². The molecule has 4 heterocycles. The second kappa shape index (κ2) is 8.28. The van der Waals surface area contributed by atoms with Gasteiger partial charge in [-0.3, -0.25) is 30.8 Å². The lowest BCUT2D eigenvalue weighted by Gasteiger charge is -2.17. The molecule has 0 aromatic carbocycles. The maximum absolute atomic E-state index is 8.49. The fourth-order valence-corrected chi connectivity index (χ4v) is 3.57. The molecule has 0 amide bonds. The summed E-state index contributed by atoms with van der Waals surface area (Å²) in [5, 5.41) is 16.9. The van der Waals surface area contributed by atoms with Crippen molar-refractivity contribution in [2.75, 3.05) is 0 Å². The van der Waals surface area contributed by atoms with E-state index in [4.69, 9.17) is 10.8 Å². The molecule has 1 aliphatic carbocycles. The molecule has 0 atom stereocenters. The smallest absolute Gasteiger partial charge is 0.0868 e. The molecule has 2 N–H and O–H groups in total. The molecule has 0 spiro atoms. The van der Waals surface area contributed by atoms with Gasteiger partial charge in [0.1, 0.15) is 0 Å². The van der Waals surface area contributed by atoms with Crippen LogP contribution in [0.5, 0.6) is 0 Å². The van der Waals surface area contributed by atoms with Gasteiger partial charge >= 0.3 is 0 Å². The van der Waals surface area contributed by atoms with Crippen LogP contribution < -0.4 is 0 Å². The molecule has 0 bridgehead atoms. The number of hydrogen-bond donors (Lipinski definition) is 2. The molecule has 32 heavy (non-hydrogen) atoms. The van der Waals surface area contributed by atoms with E-state index in [0.29, 0.717) is 5.57 Å². The normalized spacial score (nSPS) is 13.5. The molecule has 1 aliphatic rings. The Morgan fingerprint density at radius 2 is 1.16 bits per heavy atom. The van der Waals surface area contributed by atoms with Crippen molar-refractivity contribution in [1.82, 2.24) is 19.9 Å². The van der Waals surface area contributed by atoms with Crippen molar-refractivity contribution < 1.29 is 0 Å². The summed E-state index contributed by atoms with van der Waals surface area (Å²) in [5.41, 5.74) is 6.77. The van der Waals surface area contributed by atoms with Crippen molar-refractivity contribution in [1.29, 1.82) is 10.8 Å². The van der Waals surface area contributed by atoms with E-state index in [1.807, 2.05) is 54.6 Å². The minimum Gasteiger partial charge on any atom is -0.299 e. The summed E-state index contributed by atoms with van der Waals surface area (Å²) in [6.07, 6.45) is 14.1. The van der Waals surface area contributed by atoms with Crippen LogP contribution in [-0.4, -0.2) is 31.4 Å². The van der Waals surface area contributed by atoms with Gasteiger partial charge in [0.25, 0.3) is 0 Å². The lowest BCUT2D eigenvalue weighted by Crippen LogP contribution is -2.16. The van der Waals surface area contributed by atoms with E-state index in [1.165, 1.54) is 0 Å². The van der Waals surface area contributed by atoms with Gasteiger partial charge in [-0.1, -0.05) is 12.1 Å². The highest BCUT2D eigenvalue weighted by Gasteiger charge is 2.20. The van der Waals surface area contributed by atoms with E-state index in [-0.39, 0.29) is 11.4 Å². The third-order valence-corrected chi connectivity index (χ3v) is 5.18. The van der Waals surface area contributed by atoms with Gasteiger partial charge in [-0.15, -0.1) is 0 Å². The fourth-order valence-electron chi connectivity index (χ4n) is 3.57. The second-order valence-corrected chi connectivity index (χ2v) is 7.30. The summed E-state index contributed by atoms with van der Waals surface area (Å²) >= 11 is 0. The SMILES string of the molecule is N=C1C=C(c2cncc(-c3ccccn3)c2)C=C(c2cncc(-c3ccccn3)c2)C1=N. The van der Waals surface area contributed by atoms with Crippen LogP contribution in [0.1, 0.15) is 11.1 Å². The topological polar surface area (TPSA) is 99.3 Å². The van der Waals surface area contributed by atoms with Gasteiger partial charge in [0.05, 0.1) is 22.8 Å². The molecule has 0 fully saturated rings. The number of pyridine rings is 4. The molecule has 4 aromatic rings. The number of rotatable bonds is 4. The summed E-state index contributed by atoms with van der Waals surface area (Å²) in [4.78, 5) is 17.5. The maximum Gasteiger partial charge on any atom is 0.0868 e. The summed E-state index contributed by atoms with van der Waals surface area (Å²) < 4.78 is 0. The summed E-state index contributed by atoms with van der Waals surface area (Å²) in [6, 6.07) is 15.4. The van der Waals surface area contributed by atoms with Gasteiger partial charge in [0, 0.05) is 65.0 Å². The van der Waals surface area contributed by atoms with Gasteiger partial charge in [0.2, 0.25) is 0 Å². The summed E-state index contributed by atoms with van der Waals surface area (Å²) in [7, 11) is 0. The highest BCUT2D eigenvalue weighted by Crippen LogP contribution is 2.30. The van der Waals surface area contributed by atoms with Crippen LogP contribution >= 0.6 is 0 Å². The lowest BCUT2D eigenvalue weighted by atomic mass is 9.88. The first-order valence-electron chi connectivity index (χ1n) is 10.0. The Hall–Kier alpha value is -4.58. The van der Waals surface area contributed by atoms with Gasteiger partial charge in [-0.2, -0.15) is 0 Å².